The summed E-state index contributed by atoms with van der Waals surface area (Å²) < 4.78 is 0. The number of nitrogens with zero attached hydrogens (tertiary/aromatic N) is 1. The fourth-order valence-electron chi connectivity index (χ4n) is 3.04. The SMILES string of the molecule is Cc1cccc2nccc(CC3CCNCC3)c12. The predicted molar refractivity (Wildman–Crippen MR) is 75.8 cm³/mol. The molecule has 1 saturated heterocycles. The molecule has 0 radical (unpaired) electrons. The van der Waals surface area contributed by atoms with Crippen molar-refractivity contribution in [1.82, 2.24) is 10.3 Å². The van der Waals surface area contributed by atoms with E-state index >= 15 is 0 Å². The number of benzene rings is 1. The zero-order valence-corrected chi connectivity index (χ0v) is 10.9. The van der Waals surface area contributed by atoms with Crippen molar-refractivity contribution in [3.05, 3.63) is 41.6 Å². The number of rotatable bonds is 2. The summed E-state index contributed by atoms with van der Waals surface area (Å²) in [5, 5.41) is 4.81. The van der Waals surface area contributed by atoms with Crippen LogP contribution in [0.2, 0.25) is 0 Å². The lowest BCUT2D eigenvalue weighted by atomic mass is 9.89. The van der Waals surface area contributed by atoms with Crippen molar-refractivity contribution in [3.8, 4) is 0 Å². The van der Waals surface area contributed by atoms with Gasteiger partial charge in [0.25, 0.3) is 0 Å². The van der Waals surface area contributed by atoms with Crippen molar-refractivity contribution in [2.75, 3.05) is 13.1 Å². The molecule has 2 aromatic rings. The van der Waals surface area contributed by atoms with Crippen LogP contribution in [0.4, 0.5) is 0 Å². The molecule has 2 heteroatoms. The van der Waals surface area contributed by atoms with Crippen molar-refractivity contribution >= 4 is 10.9 Å². The van der Waals surface area contributed by atoms with Gasteiger partial charge in [-0.25, -0.2) is 0 Å². The topological polar surface area (TPSA) is 24.9 Å². The Balaban J connectivity index is 1.95. The first-order valence-corrected chi connectivity index (χ1v) is 6.88. The van der Waals surface area contributed by atoms with Crippen LogP contribution in [0.1, 0.15) is 24.0 Å². The summed E-state index contributed by atoms with van der Waals surface area (Å²) in [4.78, 5) is 4.48. The van der Waals surface area contributed by atoms with Crippen molar-refractivity contribution in [3.63, 3.8) is 0 Å². The number of fused-ring (bicyclic) bond motifs is 1. The van der Waals surface area contributed by atoms with Crippen LogP contribution in [0.15, 0.2) is 30.5 Å². The second kappa shape index (κ2) is 5.07. The van der Waals surface area contributed by atoms with Gasteiger partial charge in [-0.3, -0.25) is 4.98 Å². The molecule has 2 heterocycles. The maximum absolute atomic E-state index is 4.48. The molecular formula is C16H20N2. The molecule has 2 nitrogen and oxygen atoms in total. The van der Waals surface area contributed by atoms with Gasteiger partial charge >= 0.3 is 0 Å². The van der Waals surface area contributed by atoms with Crippen LogP contribution < -0.4 is 5.32 Å². The van der Waals surface area contributed by atoms with Gasteiger partial charge in [0, 0.05) is 11.6 Å². The molecule has 0 amide bonds. The lowest BCUT2D eigenvalue weighted by Gasteiger charge is -2.23. The Hall–Kier alpha value is -1.41. The Labute approximate surface area is 108 Å². The van der Waals surface area contributed by atoms with E-state index in [0.29, 0.717) is 0 Å². The van der Waals surface area contributed by atoms with Crippen LogP contribution in [-0.2, 0) is 6.42 Å². The van der Waals surface area contributed by atoms with Crippen LogP contribution in [0.5, 0.6) is 0 Å². The second-order valence-electron chi connectivity index (χ2n) is 5.34. The zero-order chi connectivity index (χ0) is 12.4. The molecule has 0 spiro atoms. The van der Waals surface area contributed by atoms with Gasteiger partial charge in [-0.15, -0.1) is 0 Å². The Bertz CT molecular complexity index is 537. The highest BCUT2D eigenvalue weighted by Gasteiger charge is 2.15. The maximum Gasteiger partial charge on any atom is 0.0707 e. The Kier molecular flexibility index (Phi) is 3.28. The summed E-state index contributed by atoms with van der Waals surface area (Å²) in [6.45, 7) is 4.54. The van der Waals surface area contributed by atoms with Gasteiger partial charge in [-0.1, -0.05) is 12.1 Å². The van der Waals surface area contributed by atoms with Crippen molar-refractivity contribution in [1.29, 1.82) is 0 Å². The van der Waals surface area contributed by atoms with Crippen LogP contribution in [0.25, 0.3) is 10.9 Å². The molecule has 1 N–H and O–H groups in total. The number of hydrogen-bond donors (Lipinski definition) is 1. The fourth-order valence-corrected chi connectivity index (χ4v) is 3.04. The highest BCUT2D eigenvalue weighted by atomic mass is 14.9. The fraction of sp³-hybridized carbons (Fsp3) is 0.438. The molecule has 1 aliphatic rings. The second-order valence-corrected chi connectivity index (χ2v) is 5.34. The molecule has 1 aromatic heterocycles. The molecular weight excluding hydrogens is 220 g/mol. The van der Waals surface area contributed by atoms with Crippen molar-refractivity contribution in [2.24, 2.45) is 5.92 Å². The largest absolute Gasteiger partial charge is 0.317 e. The van der Waals surface area contributed by atoms with Gasteiger partial charge in [-0.05, 0) is 68.5 Å². The molecule has 1 fully saturated rings. The first-order valence-electron chi connectivity index (χ1n) is 6.88. The molecule has 0 unspecified atom stereocenters. The van der Waals surface area contributed by atoms with E-state index < -0.39 is 0 Å². The standard InChI is InChI=1S/C16H20N2/c1-12-3-2-4-15-16(12)14(7-10-18-15)11-13-5-8-17-9-6-13/h2-4,7,10,13,17H,5-6,8-9,11H2,1H3. The molecule has 1 aliphatic heterocycles. The zero-order valence-electron chi connectivity index (χ0n) is 10.9. The summed E-state index contributed by atoms with van der Waals surface area (Å²) in [7, 11) is 0. The van der Waals surface area contributed by atoms with Crippen LogP contribution in [0, 0.1) is 12.8 Å². The van der Waals surface area contributed by atoms with Gasteiger partial charge in [0.1, 0.15) is 0 Å². The maximum atomic E-state index is 4.48. The summed E-state index contributed by atoms with van der Waals surface area (Å²) in [6.07, 6.45) is 5.76. The third-order valence-electron chi connectivity index (χ3n) is 4.03. The van der Waals surface area contributed by atoms with Gasteiger partial charge in [0.15, 0.2) is 0 Å². The van der Waals surface area contributed by atoms with E-state index in [1.165, 1.54) is 48.9 Å². The van der Waals surface area contributed by atoms with Crippen LogP contribution in [-0.4, -0.2) is 18.1 Å². The van der Waals surface area contributed by atoms with Gasteiger partial charge in [0.2, 0.25) is 0 Å². The van der Waals surface area contributed by atoms with Gasteiger partial charge in [-0.2, -0.15) is 0 Å². The lowest BCUT2D eigenvalue weighted by Crippen LogP contribution is -2.28. The van der Waals surface area contributed by atoms with Gasteiger partial charge in [0.05, 0.1) is 5.52 Å². The van der Waals surface area contributed by atoms with E-state index in [0.717, 1.165) is 11.4 Å². The number of aromatic nitrogens is 1. The number of hydrogen-bond acceptors (Lipinski definition) is 2. The average Bonchev–Trinajstić information content (AvgIpc) is 2.40. The van der Waals surface area contributed by atoms with Gasteiger partial charge < -0.3 is 5.32 Å². The highest BCUT2D eigenvalue weighted by molar-refractivity contribution is 5.85. The summed E-state index contributed by atoms with van der Waals surface area (Å²) in [5.74, 6) is 0.830. The normalized spacial score (nSPS) is 17.2. The molecule has 3 rings (SSSR count). The Morgan fingerprint density at radius 1 is 1.22 bits per heavy atom. The highest BCUT2D eigenvalue weighted by Crippen LogP contribution is 2.25. The Morgan fingerprint density at radius 2 is 2.06 bits per heavy atom. The van der Waals surface area contributed by atoms with E-state index in [1.54, 1.807) is 0 Å². The molecule has 1 aromatic carbocycles. The summed E-state index contributed by atoms with van der Waals surface area (Å²) >= 11 is 0. The average molecular weight is 240 g/mol. The summed E-state index contributed by atoms with van der Waals surface area (Å²) in [6, 6.07) is 8.61. The quantitative estimate of drug-likeness (QED) is 0.872. The van der Waals surface area contributed by atoms with E-state index in [2.05, 4.69) is 41.5 Å². The summed E-state index contributed by atoms with van der Waals surface area (Å²) in [5.41, 5.74) is 3.97. The lowest BCUT2D eigenvalue weighted by molar-refractivity contribution is 0.373. The predicted octanol–water partition coefficient (Wildman–Crippen LogP) is 3.09. The minimum Gasteiger partial charge on any atom is -0.317 e. The van der Waals surface area contributed by atoms with Crippen LogP contribution in [0.3, 0.4) is 0 Å². The molecule has 0 saturated carbocycles. The Morgan fingerprint density at radius 3 is 2.89 bits per heavy atom. The first kappa shape index (κ1) is 11.7. The number of piperidine rings is 1. The molecule has 0 bridgehead atoms. The van der Waals surface area contributed by atoms with E-state index in [4.69, 9.17) is 0 Å². The molecule has 94 valence electrons. The number of nitrogens with one attached hydrogen (secondary N) is 1. The van der Waals surface area contributed by atoms with E-state index in [9.17, 15) is 0 Å². The van der Waals surface area contributed by atoms with Crippen molar-refractivity contribution < 1.29 is 0 Å². The van der Waals surface area contributed by atoms with E-state index in [1.807, 2.05) is 6.20 Å². The molecule has 18 heavy (non-hydrogen) atoms. The molecule has 0 atom stereocenters. The minimum atomic E-state index is 0.830. The minimum absolute atomic E-state index is 0.830. The van der Waals surface area contributed by atoms with Crippen LogP contribution >= 0.6 is 0 Å². The third-order valence-corrected chi connectivity index (χ3v) is 4.03. The molecule has 0 aliphatic carbocycles. The smallest absolute Gasteiger partial charge is 0.0707 e. The first-order chi connectivity index (χ1) is 8.84. The monoisotopic (exact) mass is 240 g/mol. The number of aryl methyl sites for hydroxylation is 1. The third kappa shape index (κ3) is 2.25. The number of pyridine rings is 1. The van der Waals surface area contributed by atoms with Crippen molar-refractivity contribution in [2.45, 2.75) is 26.2 Å². The van der Waals surface area contributed by atoms with E-state index in [-0.39, 0.29) is 0 Å².